The fourth-order valence-electron chi connectivity index (χ4n) is 1.61. The van der Waals surface area contributed by atoms with Crippen molar-refractivity contribution in [1.82, 2.24) is 0 Å². The van der Waals surface area contributed by atoms with Gasteiger partial charge in [0.1, 0.15) is 5.82 Å². The first-order valence-corrected chi connectivity index (χ1v) is 5.74. The third kappa shape index (κ3) is 4.04. The van der Waals surface area contributed by atoms with Crippen LogP contribution in [0.2, 0.25) is 0 Å². The quantitative estimate of drug-likeness (QED) is 0.712. The summed E-state index contributed by atoms with van der Waals surface area (Å²) < 4.78 is 18.6. The number of nitriles is 1. The Labute approximate surface area is 101 Å². The SMILES string of the molecule is CCOCCN(CC)c1cc(F)cc(C#N)c1. The molecule has 1 aromatic rings. The van der Waals surface area contributed by atoms with Gasteiger partial charge in [-0.3, -0.25) is 0 Å². The van der Waals surface area contributed by atoms with E-state index >= 15 is 0 Å². The third-order valence-electron chi connectivity index (χ3n) is 2.47. The minimum atomic E-state index is -0.381. The molecule has 0 saturated heterocycles. The molecule has 0 radical (unpaired) electrons. The molecule has 0 amide bonds. The van der Waals surface area contributed by atoms with Gasteiger partial charge in [-0.1, -0.05) is 0 Å². The molecule has 1 rings (SSSR count). The fraction of sp³-hybridized carbons (Fsp3) is 0.462. The van der Waals surface area contributed by atoms with Gasteiger partial charge in [-0.25, -0.2) is 4.39 Å². The zero-order valence-electron chi connectivity index (χ0n) is 10.2. The van der Waals surface area contributed by atoms with Gasteiger partial charge in [0.15, 0.2) is 0 Å². The zero-order chi connectivity index (χ0) is 12.7. The molecule has 17 heavy (non-hydrogen) atoms. The van der Waals surface area contributed by atoms with Crippen molar-refractivity contribution in [2.45, 2.75) is 13.8 Å². The van der Waals surface area contributed by atoms with Crippen molar-refractivity contribution in [2.75, 3.05) is 31.2 Å². The number of likely N-dealkylation sites (N-methyl/N-ethyl adjacent to an activating group) is 1. The highest BCUT2D eigenvalue weighted by Gasteiger charge is 2.07. The number of nitrogens with zero attached hydrogens (tertiary/aromatic N) is 2. The van der Waals surface area contributed by atoms with Crippen molar-refractivity contribution >= 4 is 5.69 Å². The second kappa shape index (κ2) is 6.87. The van der Waals surface area contributed by atoms with E-state index in [-0.39, 0.29) is 5.82 Å². The third-order valence-corrected chi connectivity index (χ3v) is 2.47. The first-order chi connectivity index (χ1) is 8.21. The van der Waals surface area contributed by atoms with Gasteiger partial charge < -0.3 is 9.64 Å². The number of hydrogen-bond donors (Lipinski definition) is 0. The molecule has 0 aliphatic rings. The van der Waals surface area contributed by atoms with Crippen LogP contribution in [0, 0.1) is 17.1 Å². The molecule has 92 valence electrons. The lowest BCUT2D eigenvalue weighted by molar-refractivity contribution is 0.154. The van der Waals surface area contributed by atoms with Crippen LogP contribution in [0.15, 0.2) is 18.2 Å². The fourth-order valence-corrected chi connectivity index (χ4v) is 1.61. The van der Waals surface area contributed by atoms with Gasteiger partial charge in [0.2, 0.25) is 0 Å². The monoisotopic (exact) mass is 236 g/mol. The molecular formula is C13H17FN2O. The topological polar surface area (TPSA) is 36.3 Å². The predicted molar refractivity (Wildman–Crippen MR) is 65.5 cm³/mol. The van der Waals surface area contributed by atoms with E-state index in [9.17, 15) is 4.39 Å². The van der Waals surface area contributed by atoms with Crippen LogP contribution in [0.3, 0.4) is 0 Å². The van der Waals surface area contributed by atoms with Crippen LogP contribution < -0.4 is 4.90 Å². The van der Waals surface area contributed by atoms with E-state index in [4.69, 9.17) is 10.00 Å². The maximum atomic E-state index is 13.3. The molecule has 0 fully saturated rings. The molecule has 1 aromatic carbocycles. The van der Waals surface area contributed by atoms with E-state index < -0.39 is 0 Å². The Morgan fingerprint density at radius 3 is 2.71 bits per heavy atom. The van der Waals surface area contributed by atoms with Crippen LogP contribution >= 0.6 is 0 Å². The number of rotatable bonds is 6. The van der Waals surface area contributed by atoms with Crippen LogP contribution in [0.1, 0.15) is 19.4 Å². The Hall–Kier alpha value is -1.60. The van der Waals surface area contributed by atoms with Crippen molar-refractivity contribution in [2.24, 2.45) is 0 Å². The van der Waals surface area contributed by atoms with Crippen molar-refractivity contribution < 1.29 is 9.13 Å². The minimum absolute atomic E-state index is 0.342. The van der Waals surface area contributed by atoms with E-state index in [0.717, 1.165) is 12.2 Å². The molecule has 0 N–H and O–H groups in total. The highest BCUT2D eigenvalue weighted by atomic mass is 19.1. The molecule has 3 nitrogen and oxygen atoms in total. The van der Waals surface area contributed by atoms with Crippen LogP contribution in [-0.2, 0) is 4.74 Å². The number of hydrogen-bond acceptors (Lipinski definition) is 3. The highest BCUT2D eigenvalue weighted by Crippen LogP contribution is 2.18. The Morgan fingerprint density at radius 2 is 2.12 bits per heavy atom. The molecule has 0 spiro atoms. The summed E-state index contributed by atoms with van der Waals surface area (Å²) >= 11 is 0. The lowest BCUT2D eigenvalue weighted by Gasteiger charge is -2.23. The molecule has 4 heteroatoms. The van der Waals surface area contributed by atoms with E-state index in [1.807, 2.05) is 24.8 Å². The molecular weight excluding hydrogens is 219 g/mol. The number of benzene rings is 1. The number of ether oxygens (including phenoxy) is 1. The lowest BCUT2D eigenvalue weighted by atomic mass is 10.2. The zero-order valence-corrected chi connectivity index (χ0v) is 10.2. The second-order valence-electron chi connectivity index (χ2n) is 3.59. The van der Waals surface area contributed by atoms with Crippen molar-refractivity contribution in [1.29, 1.82) is 5.26 Å². The molecule has 0 aliphatic carbocycles. The summed E-state index contributed by atoms with van der Waals surface area (Å²) in [6, 6.07) is 6.33. The molecule has 0 heterocycles. The molecule has 0 aromatic heterocycles. The van der Waals surface area contributed by atoms with E-state index in [1.165, 1.54) is 12.1 Å². The molecule has 0 bridgehead atoms. The highest BCUT2D eigenvalue weighted by molar-refractivity contribution is 5.51. The number of halogens is 1. The van der Waals surface area contributed by atoms with Gasteiger partial charge in [0.25, 0.3) is 0 Å². The van der Waals surface area contributed by atoms with Gasteiger partial charge in [-0.15, -0.1) is 0 Å². The maximum Gasteiger partial charge on any atom is 0.126 e. The Balaban J connectivity index is 2.80. The standard InChI is InChI=1S/C13H17FN2O/c1-3-16(5-6-17-4-2)13-8-11(10-15)7-12(14)9-13/h7-9H,3-6H2,1-2H3. The maximum absolute atomic E-state index is 13.3. The largest absolute Gasteiger partial charge is 0.380 e. The van der Waals surface area contributed by atoms with Crippen LogP contribution in [0.5, 0.6) is 0 Å². The summed E-state index contributed by atoms with van der Waals surface area (Å²) in [5.41, 5.74) is 1.07. The van der Waals surface area contributed by atoms with Crippen molar-refractivity contribution in [3.05, 3.63) is 29.6 Å². The summed E-state index contributed by atoms with van der Waals surface area (Å²) in [6.07, 6.45) is 0. The van der Waals surface area contributed by atoms with Crippen molar-refractivity contribution in [3.63, 3.8) is 0 Å². The summed E-state index contributed by atoms with van der Waals surface area (Å²) in [7, 11) is 0. The average Bonchev–Trinajstić information content (AvgIpc) is 2.34. The van der Waals surface area contributed by atoms with E-state index in [0.29, 0.717) is 25.3 Å². The van der Waals surface area contributed by atoms with Gasteiger partial charge in [-0.2, -0.15) is 5.26 Å². The summed E-state index contributed by atoms with van der Waals surface area (Å²) in [5, 5.41) is 8.80. The molecule has 0 saturated carbocycles. The summed E-state index contributed by atoms with van der Waals surface area (Å²) in [4.78, 5) is 1.99. The Morgan fingerprint density at radius 1 is 1.35 bits per heavy atom. The molecule has 0 atom stereocenters. The first kappa shape index (κ1) is 13.5. The normalized spacial score (nSPS) is 10.0. The van der Waals surface area contributed by atoms with E-state index in [2.05, 4.69) is 0 Å². The van der Waals surface area contributed by atoms with Crippen molar-refractivity contribution in [3.8, 4) is 6.07 Å². The van der Waals surface area contributed by atoms with Gasteiger partial charge in [-0.05, 0) is 32.0 Å². The van der Waals surface area contributed by atoms with Gasteiger partial charge >= 0.3 is 0 Å². The predicted octanol–water partition coefficient (Wildman–Crippen LogP) is 2.56. The molecule has 0 aliphatic heterocycles. The van der Waals surface area contributed by atoms with Crippen LogP contribution in [0.4, 0.5) is 10.1 Å². The van der Waals surface area contributed by atoms with Gasteiger partial charge in [0, 0.05) is 25.4 Å². The summed E-state index contributed by atoms with van der Waals surface area (Å²) in [5.74, 6) is -0.381. The Kier molecular flexibility index (Phi) is 5.44. The first-order valence-electron chi connectivity index (χ1n) is 5.74. The smallest absolute Gasteiger partial charge is 0.126 e. The summed E-state index contributed by atoms with van der Waals surface area (Å²) in [6.45, 7) is 6.64. The van der Waals surface area contributed by atoms with Crippen LogP contribution in [0.25, 0.3) is 0 Å². The number of anilines is 1. The second-order valence-corrected chi connectivity index (χ2v) is 3.59. The van der Waals surface area contributed by atoms with E-state index in [1.54, 1.807) is 6.07 Å². The lowest BCUT2D eigenvalue weighted by Crippen LogP contribution is -2.27. The molecule has 0 unspecified atom stereocenters. The minimum Gasteiger partial charge on any atom is -0.380 e. The average molecular weight is 236 g/mol. The van der Waals surface area contributed by atoms with Gasteiger partial charge in [0.05, 0.1) is 18.2 Å². The Bertz CT molecular complexity index is 401. The van der Waals surface area contributed by atoms with Crippen LogP contribution in [-0.4, -0.2) is 26.3 Å².